The van der Waals surface area contributed by atoms with Crippen LogP contribution in [0, 0.1) is 11.8 Å². The molecule has 0 saturated heterocycles. The quantitative estimate of drug-likeness (QED) is 0.0130. The summed E-state index contributed by atoms with van der Waals surface area (Å²) < 4.78 is 0. The first-order valence-corrected chi connectivity index (χ1v) is 25.7. The van der Waals surface area contributed by atoms with Gasteiger partial charge in [-0.3, -0.25) is 48.5 Å². The van der Waals surface area contributed by atoms with E-state index in [4.69, 9.17) is 45.9 Å². The lowest BCUT2D eigenvalue weighted by atomic mass is 9.98. The monoisotopic (exact) mass is 1060 g/mol. The van der Waals surface area contributed by atoms with E-state index < -0.39 is 95.6 Å². The van der Waals surface area contributed by atoms with Crippen LogP contribution in [0.4, 0.5) is 0 Å². The van der Waals surface area contributed by atoms with Crippen LogP contribution >= 0.6 is 0 Å². The van der Waals surface area contributed by atoms with Crippen LogP contribution in [0.2, 0.25) is 0 Å². The van der Waals surface area contributed by atoms with Crippen molar-refractivity contribution < 1.29 is 38.4 Å². The van der Waals surface area contributed by atoms with Crippen LogP contribution in [0.5, 0.6) is 0 Å². The molecular formula is C47H88N20O8. The van der Waals surface area contributed by atoms with Gasteiger partial charge in [0.25, 0.3) is 0 Å². The van der Waals surface area contributed by atoms with Gasteiger partial charge in [0.15, 0.2) is 17.9 Å². The summed E-state index contributed by atoms with van der Waals surface area (Å²) in [6.07, 6.45) is 7.35. The molecule has 28 heteroatoms. The molecule has 75 heavy (non-hydrogen) atoms. The predicted molar refractivity (Wildman–Crippen MR) is 286 cm³/mol. The number of carbonyl (C=O) groups excluding carboxylic acids is 8. The van der Waals surface area contributed by atoms with Crippen LogP contribution in [0.25, 0.3) is 0 Å². The third-order valence-corrected chi connectivity index (χ3v) is 11.6. The van der Waals surface area contributed by atoms with Crippen LogP contribution < -0.4 is 83.1 Å². The van der Waals surface area contributed by atoms with Gasteiger partial charge in [0.2, 0.25) is 41.4 Å². The van der Waals surface area contributed by atoms with E-state index in [0.717, 1.165) is 0 Å². The number of rotatable bonds is 39. The zero-order valence-electron chi connectivity index (χ0n) is 44.4. The van der Waals surface area contributed by atoms with E-state index in [0.29, 0.717) is 57.0 Å². The zero-order chi connectivity index (χ0) is 56.5. The van der Waals surface area contributed by atoms with Crippen molar-refractivity contribution in [2.24, 2.45) is 72.7 Å². The number of guanidine groups is 3. The van der Waals surface area contributed by atoms with Crippen molar-refractivity contribution in [1.82, 2.24) is 47.2 Å². The number of H-pyrrole nitrogens is 1. The van der Waals surface area contributed by atoms with Crippen molar-refractivity contribution in [3.8, 4) is 0 Å². The molecule has 0 aliphatic rings. The number of unbranched alkanes of at least 4 members (excludes halogenated alkanes) is 2. The van der Waals surface area contributed by atoms with Crippen molar-refractivity contribution in [2.45, 2.75) is 173 Å². The second-order valence-corrected chi connectivity index (χ2v) is 19.1. The second-order valence-electron chi connectivity index (χ2n) is 19.1. The normalized spacial score (nSPS) is 14.3. The van der Waals surface area contributed by atoms with Crippen molar-refractivity contribution in [1.29, 1.82) is 0 Å². The molecule has 24 N–H and O–H groups in total. The molecule has 1 aromatic heterocycles. The molecule has 424 valence electrons. The third-order valence-electron chi connectivity index (χ3n) is 11.6. The number of hydrogen-bond donors (Lipinski definition) is 16. The first-order valence-electron chi connectivity index (χ1n) is 25.7. The Morgan fingerprint density at radius 1 is 0.573 bits per heavy atom. The number of nitrogens with zero attached hydrogens (tertiary/aromatic N) is 4. The minimum Gasteiger partial charge on any atom is -0.370 e. The standard InChI is InChI=1S/C47H88N20O8/c1-6-7-15-32(41(72)67-37(28(4)5)44(75)66-35(22-27(2)3)42(73)61-29(25-68)13-10-19-57-45(50)51)63-39(70)34(17-12-21-59-47(54)55)64-43(74)36(23-30-24-56-26-60-30)65-40(71)33(16-11-20-58-46(52)53)62-38(69)31(49)14-8-9-18-48/h24-29,31-37H,6-23,48-49H2,1-5H3,(H,56,60)(H,61,73)(H,62,69)(H,63,70)(H,64,74)(H,65,71)(H,66,75)(H,67,72)(H4,50,51,57)(H4,52,53,58)(H4,54,55,59)/t29-,31-,32-,33-,34-,35-,36-,37-/m0/s1. The van der Waals surface area contributed by atoms with Crippen molar-refractivity contribution in [3.63, 3.8) is 0 Å². The highest BCUT2D eigenvalue weighted by atomic mass is 16.2. The second kappa shape index (κ2) is 36.8. The molecule has 1 rings (SSSR count). The van der Waals surface area contributed by atoms with Crippen molar-refractivity contribution in [3.05, 3.63) is 18.2 Å². The van der Waals surface area contributed by atoms with Crippen molar-refractivity contribution >= 4 is 65.5 Å². The first-order chi connectivity index (χ1) is 35.5. The topological polar surface area (TPSA) is 495 Å². The Morgan fingerprint density at radius 3 is 1.48 bits per heavy atom. The van der Waals surface area contributed by atoms with Gasteiger partial charge in [-0.25, -0.2) is 4.98 Å². The maximum absolute atomic E-state index is 14.4. The van der Waals surface area contributed by atoms with E-state index in [1.807, 2.05) is 20.8 Å². The number of nitrogens with one attached hydrogen (secondary N) is 8. The Hall–Kier alpha value is -7.10. The smallest absolute Gasteiger partial charge is 0.243 e. The van der Waals surface area contributed by atoms with Crippen LogP contribution in [-0.4, -0.2) is 150 Å². The summed E-state index contributed by atoms with van der Waals surface area (Å²) in [4.78, 5) is 128. The third kappa shape index (κ3) is 28.2. The highest BCUT2D eigenvalue weighted by Gasteiger charge is 2.35. The Labute approximate surface area is 439 Å². The number of carbonyl (C=O) groups is 8. The lowest BCUT2D eigenvalue weighted by Gasteiger charge is -2.29. The summed E-state index contributed by atoms with van der Waals surface area (Å²) in [6, 6.07) is -9.17. The van der Waals surface area contributed by atoms with E-state index in [9.17, 15) is 38.4 Å². The average molecular weight is 1060 g/mol. The minimum atomic E-state index is -1.35. The fourth-order valence-corrected chi connectivity index (χ4v) is 7.51. The highest BCUT2D eigenvalue weighted by molar-refractivity contribution is 5.97. The molecule has 8 atom stereocenters. The number of aromatic amines is 1. The minimum absolute atomic E-state index is 0.0374. The molecule has 0 aliphatic carbocycles. The van der Waals surface area contributed by atoms with Gasteiger partial charge in [-0.2, -0.15) is 0 Å². The van der Waals surface area contributed by atoms with Gasteiger partial charge in [0.1, 0.15) is 42.5 Å². The van der Waals surface area contributed by atoms with E-state index in [1.165, 1.54) is 12.5 Å². The average Bonchev–Trinajstić information content (AvgIpc) is 3.86. The predicted octanol–water partition coefficient (Wildman–Crippen LogP) is -3.95. The number of nitrogens with two attached hydrogens (primary N) is 8. The Bertz CT molecular complexity index is 2000. The number of hydrogen-bond acceptors (Lipinski definition) is 14. The van der Waals surface area contributed by atoms with Gasteiger partial charge in [0.05, 0.1) is 18.4 Å². The van der Waals surface area contributed by atoms with Crippen LogP contribution in [0.3, 0.4) is 0 Å². The van der Waals surface area contributed by atoms with E-state index >= 15 is 0 Å². The Kier molecular flexibility index (Phi) is 32.3. The molecule has 0 fully saturated rings. The summed E-state index contributed by atoms with van der Waals surface area (Å²) >= 11 is 0. The number of aldehydes is 1. The van der Waals surface area contributed by atoms with E-state index in [2.05, 4.69) is 62.2 Å². The molecule has 1 heterocycles. The maximum Gasteiger partial charge on any atom is 0.243 e. The SMILES string of the molecule is CCCC[C@H](NC(=O)[C@H](CCCN=C(N)N)NC(=O)[C@H](Cc1cnc[nH]1)NC(=O)[C@H](CCCN=C(N)N)NC(=O)[C@@H](N)CCCCN)C(=O)N[C@H](C(=O)N[C@@H](CC(C)C)C(=O)N[C@H](C=O)CCCN=C(N)N)C(C)C. The fraction of sp³-hybridized carbons (Fsp3) is 0.702. The number of aliphatic imine (C=N–C) groups is 3. The highest BCUT2D eigenvalue weighted by Crippen LogP contribution is 2.12. The molecule has 1 aromatic rings. The van der Waals surface area contributed by atoms with E-state index in [1.54, 1.807) is 13.8 Å². The van der Waals surface area contributed by atoms with Gasteiger partial charge in [-0.05, 0) is 82.6 Å². The number of aromatic nitrogens is 2. The summed E-state index contributed by atoms with van der Waals surface area (Å²) in [7, 11) is 0. The molecule has 7 amide bonds. The molecule has 0 aromatic carbocycles. The van der Waals surface area contributed by atoms with Crippen molar-refractivity contribution in [2.75, 3.05) is 26.2 Å². The molecule has 0 aliphatic heterocycles. The first kappa shape index (κ1) is 65.9. The summed E-state index contributed by atoms with van der Waals surface area (Å²) in [6.45, 7) is 9.86. The molecule has 0 unspecified atom stereocenters. The Balaban J connectivity index is 3.52. The number of amides is 7. The molecule has 28 nitrogen and oxygen atoms in total. The lowest BCUT2D eigenvalue weighted by molar-refractivity contribution is -0.136. The van der Waals surface area contributed by atoms with Crippen LogP contribution in [0.1, 0.15) is 124 Å². The lowest BCUT2D eigenvalue weighted by Crippen LogP contribution is -2.61. The summed E-state index contributed by atoms with van der Waals surface area (Å²) in [5, 5.41) is 19.1. The van der Waals surface area contributed by atoms with Gasteiger partial charge in [-0.1, -0.05) is 53.9 Å². The number of imidazole rings is 1. The molecule has 0 spiro atoms. The van der Waals surface area contributed by atoms with E-state index in [-0.39, 0.29) is 94.8 Å². The summed E-state index contributed by atoms with van der Waals surface area (Å²) in [5.41, 5.74) is 45.0. The Morgan fingerprint density at radius 2 is 1.03 bits per heavy atom. The van der Waals surface area contributed by atoms with Gasteiger partial charge < -0.3 is 92.9 Å². The molecule has 0 radical (unpaired) electrons. The van der Waals surface area contributed by atoms with Gasteiger partial charge in [0, 0.05) is 37.9 Å². The molecular weight excluding hydrogens is 973 g/mol. The van der Waals surface area contributed by atoms with Gasteiger partial charge >= 0.3 is 0 Å². The molecule has 0 bridgehead atoms. The maximum atomic E-state index is 14.4. The largest absolute Gasteiger partial charge is 0.370 e. The van der Waals surface area contributed by atoms with Crippen LogP contribution in [0.15, 0.2) is 27.5 Å². The fourth-order valence-electron chi connectivity index (χ4n) is 7.51. The zero-order valence-corrected chi connectivity index (χ0v) is 44.4. The summed E-state index contributed by atoms with van der Waals surface area (Å²) in [5.74, 6) is -5.94. The van der Waals surface area contributed by atoms with Crippen LogP contribution in [-0.2, 0) is 44.8 Å². The molecule has 0 saturated carbocycles. The van der Waals surface area contributed by atoms with Gasteiger partial charge in [-0.15, -0.1) is 0 Å².